The fourth-order valence-corrected chi connectivity index (χ4v) is 5.79. The summed E-state index contributed by atoms with van der Waals surface area (Å²) >= 11 is 5.75. The Morgan fingerprint density at radius 2 is 1.80 bits per heavy atom. The number of anilines is 1. The molecule has 0 spiro atoms. The standard InChI is InChI=1S/C31H30F3N5OS/c1-19-8-6-10-23(16-19)36-27(40)13-15-38-29(28(37-30(38)41)26-12-4-5-14-35-26)25-17-20(2)39(21(25)3)24-11-7-9-22(18-24)31(32,33)34/h4-12,14,16-18,28-29H,13,15H2,1-3H3,(H,36,40)(H,37,41)/t28-,29+/m0/s1. The summed E-state index contributed by atoms with van der Waals surface area (Å²) in [7, 11) is 0. The van der Waals surface area contributed by atoms with Gasteiger partial charge in [0.25, 0.3) is 0 Å². The Bertz CT molecular complexity index is 1580. The van der Waals surface area contributed by atoms with Crippen LogP contribution in [0, 0.1) is 20.8 Å². The van der Waals surface area contributed by atoms with E-state index < -0.39 is 11.7 Å². The molecule has 2 aromatic carbocycles. The number of amides is 1. The number of nitrogens with one attached hydrogen (secondary N) is 2. The number of alkyl halides is 3. The average Bonchev–Trinajstić information content (AvgIpc) is 3.41. The maximum Gasteiger partial charge on any atom is 0.416 e. The molecule has 1 aliphatic heterocycles. The second-order valence-corrected chi connectivity index (χ2v) is 10.6. The van der Waals surface area contributed by atoms with Crippen LogP contribution in [-0.2, 0) is 11.0 Å². The molecule has 41 heavy (non-hydrogen) atoms. The molecule has 1 aliphatic rings. The predicted octanol–water partition coefficient (Wildman–Crippen LogP) is 6.82. The van der Waals surface area contributed by atoms with Gasteiger partial charge < -0.3 is 20.1 Å². The minimum absolute atomic E-state index is 0.145. The molecule has 0 radical (unpaired) electrons. The van der Waals surface area contributed by atoms with Gasteiger partial charge in [0.1, 0.15) is 0 Å². The lowest BCUT2D eigenvalue weighted by molar-refractivity contribution is -0.137. The van der Waals surface area contributed by atoms with Gasteiger partial charge in [-0.25, -0.2) is 0 Å². The highest BCUT2D eigenvalue weighted by Gasteiger charge is 2.41. The molecule has 0 unspecified atom stereocenters. The van der Waals surface area contributed by atoms with Gasteiger partial charge in [-0.05, 0) is 92.6 Å². The van der Waals surface area contributed by atoms with E-state index in [2.05, 4.69) is 15.6 Å². The number of aromatic nitrogens is 2. The van der Waals surface area contributed by atoms with E-state index in [0.29, 0.717) is 17.3 Å². The van der Waals surface area contributed by atoms with E-state index in [4.69, 9.17) is 12.2 Å². The van der Waals surface area contributed by atoms with Crippen molar-refractivity contribution in [3.63, 3.8) is 0 Å². The van der Waals surface area contributed by atoms with E-state index in [0.717, 1.165) is 46.0 Å². The van der Waals surface area contributed by atoms with Crippen LogP contribution >= 0.6 is 12.2 Å². The van der Waals surface area contributed by atoms with Crippen LogP contribution in [0.15, 0.2) is 79.0 Å². The van der Waals surface area contributed by atoms with Crippen molar-refractivity contribution < 1.29 is 18.0 Å². The molecule has 10 heteroatoms. The van der Waals surface area contributed by atoms with Crippen molar-refractivity contribution in [3.05, 3.63) is 113 Å². The highest BCUT2D eigenvalue weighted by molar-refractivity contribution is 7.80. The normalized spacial score (nSPS) is 17.0. The summed E-state index contributed by atoms with van der Waals surface area (Å²) in [6, 6.07) is 19.9. The smallest absolute Gasteiger partial charge is 0.352 e. The Balaban J connectivity index is 1.49. The molecule has 1 amide bonds. The summed E-state index contributed by atoms with van der Waals surface area (Å²) in [6.07, 6.45) is -2.55. The van der Waals surface area contributed by atoms with Crippen molar-refractivity contribution >= 4 is 28.9 Å². The zero-order chi connectivity index (χ0) is 29.3. The number of hydrogen-bond acceptors (Lipinski definition) is 3. The number of halogens is 3. The van der Waals surface area contributed by atoms with E-state index in [1.165, 1.54) is 6.07 Å². The molecule has 6 nitrogen and oxygen atoms in total. The van der Waals surface area contributed by atoms with E-state index >= 15 is 0 Å². The minimum Gasteiger partial charge on any atom is -0.352 e. The third kappa shape index (κ3) is 5.97. The van der Waals surface area contributed by atoms with Crippen molar-refractivity contribution in [2.24, 2.45) is 0 Å². The van der Waals surface area contributed by atoms with Gasteiger partial charge in [-0.2, -0.15) is 13.2 Å². The van der Waals surface area contributed by atoms with Crippen molar-refractivity contribution in [2.75, 3.05) is 11.9 Å². The Kier molecular flexibility index (Phi) is 7.86. The summed E-state index contributed by atoms with van der Waals surface area (Å²) in [5.41, 5.74) is 4.72. The SMILES string of the molecule is Cc1cccc(NC(=O)CCN2C(=S)N[C@@H](c3ccccn3)[C@H]2c2cc(C)n(-c3cccc(C(F)(F)F)c3)c2C)c1. The van der Waals surface area contributed by atoms with E-state index in [1.54, 1.807) is 12.3 Å². The number of carbonyl (C=O) groups excluding carboxylic acids is 1. The van der Waals surface area contributed by atoms with E-state index in [1.807, 2.05) is 78.8 Å². The first kappa shape index (κ1) is 28.4. The number of aryl methyl sites for hydroxylation is 2. The van der Waals surface area contributed by atoms with E-state index in [-0.39, 0.29) is 24.4 Å². The Hall–Kier alpha value is -4.18. The number of carbonyl (C=O) groups is 1. The summed E-state index contributed by atoms with van der Waals surface area (Å²) in [6.45, 7) is 6.06. The first-order valence-corrected chi connectivity index (χ1v) is 13.6. The molecule has 4 aromatic rings. The summed E-state index contributed by atoms with van der Waals surface area (Å²) in [4.78, 5) is 19.4. The third-order valence-electron chi connectivity index (χ3n) is 7.30. The number of hydrogen-bond donors (Lipinski definition) is 2. The van der Waals surface area contributed by atoms with Crippen LogP contribution in [-0.4, -0.2) is 32.0 Å². The molecular formula is C31H30F3N5OS. The fraction of sp³-hybridized carbons (Fsp3) is 0.258. The number of nitrogens with zero attached hydrogens (tertiary/aromatic N) is 3. The van der Waals surface area contributed by atoms with Gasteiger partial charge in [-0.3, -0.25) is 9.78 Å². The molecule has 5 rings (SSSR count). The zero-order valence-corrected chi connectivity index (χ0v) is 23.7. The van der Waals surface area contributed by atoms with Crippen LogP contribution in [0.4, 0.5) is 18.9 Å². The molecule has 3 heterocycles. The maximum absolute atomic E-state index is 13.5. The molecule has 0 aliphatic carbocycles. The van der Waals surface area contributed by atoms with Gasteiger partial charge in [-0.15, -0.1) is 0 Å². The molecule has 2 atom stereocenters. The van der Waals surface area contributed by atoms with Gasteiger partial charge in [0, 0.05) is 41.9 Å². The Morgan fingerprint density at radius 3 is 2.51 bits per heavy atom. The minimum atomic E-state index is -4.45. The highest BCUT2D eigenvalue weighted by Crippen LogP contribution is 2.42. The topological polar surface area (TPSA) is 62.2 Å². The lowest BCUT2D eigenvalue weighted by Gasteiger charge is -2.28. The van der Waals surface area contributed by atoms with Gasteiger partial charge in [-0.1, -0.05) is 24.3 Å². The van der Waals surface area contributed by atoms with Gasteiger partial charge >= 0.3 is 6.18 Å². The lowest BCUT2D eigenvalue weighted by Crippen LogP contribution is -2.32. The second kappa shape index (κ2) is 11.4. The van der Waals surface area contributed by atoms with Crippen molar-refractivity contribution in [1.82, 2.24) is 19.8 Å². The largest absolute Gasteiger partial charge is 0.416 e. The summed E-state index contributed by atoms with van der Waals surface area (Å²) in [5.74, 6) is -0.145. The maximum atomic E-state index is 13.5. The molecule has 212 valence electrons. The van der Waals surface area contributed by atoms with Crippen molar-refractivity contribution in [2.45, 2.75) is 45.5 Å². The number of pyridine rings is 1. The van der Waals surface area contributed by atoms with Gasteiger partial charge in [0.15, 0.2) is 5.11 Å². The Labute approximate surface area is 242 Å². The molecular weight excluding hydrogens is 547 g/mol. The van der Waals surface area contributed by atoms with Gasteiger partial charge in [0.2, 0.25) is 5.91 Å². The number of rotatable bonds is 7. The van der Waals surface area contributed by atoms with Crippen molar-refractivity contribution in [1.29, 1.82) is 0 Å². The first-order chi connectivity index (χ1) is 19.5. The van der Waals surface area contributed by atoms with Crippen LogP contribution in [0.1, 0.15) is 52.3 Å². The molecule has 0 bridgehead atoms. The molecule has 0 saturated carbocycles. The Morgan fingerprint density at radius 1 is 1.02 bits per heavy atom. The monoisotopic (exact) mass is 577 g/mol. The highest BCUT2D eigenvalue weighted by atomic mass is 32.1. The molecule has 1 fully saturated rings. The number of benzene rings is 2. The molecule has 2 aromatic heterocycles. The molecule has 2 N–H and O–H groups in total. The average molecular weight is 578 g/mol. The van der Waals surface area contributed by atoms with Crippen LogP contribution in [0.25, 0.3) is 5.69 Å². The van der Waals surface area contributed by atoms with Gasteiger partial charge in [0.05, 0.1) is 23.3 Å². The lowest BCUT2D eigenvalue weighted by atomic mass is 9.96. The van der Waals surface area contributed by atoms with E-state index in [9.17, 15) is 18.0 Å². The quantitative estimate of drug-likeness (QED) is 0.236. The first-order valence-electron chi connectivity index (χ1n) is 13.2. The summed E-state index contributed by atoms with van der Waals surface area (Å²) < 4.78 is 42.3. The van der Waals surface area contributed by atoms with Crippen LogP contribution in [0.5, 0.6) is 0 Å². The number of thiocarbonyl (C=S) groups is 1. The molecule has 1 saturated heterocycles. The fourth-order valence-electron chi connectivity index (χ4n) is 5.46. The van der Waals surface area contributed by atoms with Crippen LogP contribution in [0.2, 0.25) is 0 Å². The third-order valence-corrected chi connectivity index (χ3v) is 7.65. The summed E-state index contributed by atoms with van der Waals surface area (Å²) in [5, 5.41) is 6.81. The van der Waals surface area contributed by atoms with Crippen LogP contribution < -0.4 is 10.6 Å². The van der Waals surface area contributed by atoms with Crippen LogP contribution in [0.3, 0.4) is 0 Å². The second-order valence-electron chi connectivity index (χ2n) is 10.2. The van der Waals surface area contributed by atoms with Crippen molar-refractivity contribution in [3.8, 4) is 5.69 Å². The zero-order valence-electron chi connectivity index (χ0n) is 22.9. The predicted molar refractivity (Wildman–Crippen MR) is 157 cm³/mol.